The Morgan fingerprint density at radius 2 is 2.06 bits per heavy atom. The number of hydrogen-bond donors (Lipinski definition) is 1. The van der Waals surface area contributed by atoms with Crippen LogP contribution in [0.25, 0.3) is 11.3 Å². The topological polar surface area (TPSA) is 63.1 Å². The van der Waals surface area contributed by atoms with E-state index >= 15 is 0 Å². The number of nitrogens with zero attached hydrogens (tertiary/aromatic N) is 2. The van der Waals surface area contributed by atoms with Gasteiger partial charge in [0.25, 0.3) is 0 Å². The van der Waals surface area contributed by atoms with Crippen LogP contribution in [0.1, 0.15) is 10.5 Å². The molecule has 0 bridgehead atoms. The molecule has 0 radical (unpaired) electrons. The Balaban J connectivity index is 2.59. The third kappa shape index (κ3) is 1.76. The van der Waals surface area contributed by atoms with Crippen molar-refractivity contribution >= 4 is 17.7 Å². The fourth-order valence-corrected chi connectivity index (χ4v) is 1.74. The van der Waals surface area contributed by atoms with Crippen LogP contribution >= 0.6 is 11.7 Å². The van der Waals surface area contributed by atoms with Crippen molar-refractivity contribution < 1.29 is 18.7 Å². The average Bonchev–Trinajstić information content (AvgIpc) is 2.66. The van der Waals surface area contributed by atoms with Crippen LogP contribution in [0.4, 0.5) is 8.78 Å². The van der Waals surface area contributed by atoms with E-state index in [1.54, 1.807) is 0 Å². The maximum absolute atomic E-state index is 13.4. The van der Waals surface area contributed by atoms with Crippen LogP contribution in [0.2, 0.25) is 0 Å². The van der Waals surface area contributed by atoms with Gasteiger partial charge in [-0.3, -0.25) is 0 Å². The summed E-state index contributed by atoms with van der Waals surface area (Å²) in [5, 5.41) is 8.77. The van der Waals surface area contributed by atoms with Gasteiger partial charge in [-0.25, -0.2) is 13.6 Å². The molecular formula is C9H4F2N2O2S. The molecule has 82 valence electrons. The van der Waals surface area contributed by atoms with Gasteiger partial charge < -0.3 is 5.11 Å². The van der Waals surface area contributed by atoms with Gasteiger partial charge in [-0.05, 0) is 12.1 Å². The normalized spacial score (nSPS) is 10.4. The lowest BCUT2D eigenvalue weighted by Gasteiger charge is -1.99. The molecule has 0 aliphatic rings. The van der Waals surface area contributed by atoms with Gasteiger partial charge in [-0.15, -0.1) is 0 Å². The maximum atomic E-state index is 13.4. The minimum absolute atomic E-state index is 0.0763. The lowest BCUT2D eigenvalue weighted by Crippen LogP contribution is -2.00. The first kappa shape index (κ1) is 10.6. The highest BCUT2D eigenvalue weighted by Crippen LogP contribution is 2.25. The van der Waals surface area contributed by atoms with Gasteiger partial charge in [0, 0.05) is 11.6 Å². The highest BCUT2D eigenvalue weighted by atomic mass is 32.1. The zero-order chi connectivity index (χ0) is 11.7. The fourth-order valence-electron chi connectivity index (χ4n) is 1.19. The minimum atomic E-state index is -1.30. The van der Waals surface area contributed by atoms with Gasteiger partial charge in [0.15, 0.2) is 5.69 Å². The van der Waals surface area contributed by atoms with Crippen LogP contribution < -0.4 is 0 Å². The summed E-state index contributed by atoms with van der Waals surface area (Å²) in [4.78, 5) is 10.7. The highest BCUT2D eigenvalue weighted by Gasteiger charge is 2.19. The van der Waals surface area contributed by atoms with Crippen molar-refractivity contribution in [3.63, 3.8) is 0 Å². The lowest BCUT2D eigenvalue weighted by atomic mass is 10.1. The van der Waals surface area contributed by atoms with E-state index in [-0.39, 0.29) is 17.0 Å². The van der Waals surface area contributed by atoms with Crippen LogP contribution in [0.15, 0.2) is 18.2 Å². The van der Waals surface area contributed by atoms with E-state index in [1.165, 1.54) is 0 Å². The summed E-state index contributed by atoms with van der Waals surface area (Å²) in [7, 11) is 0. The van der Waals surface area contributed by atoms with Crippen molar-refractivity contribution in [3.8, 4) is 11.3 Å². The molecule has 0 aliphatic heterocycles. The van der Waals surface area contributed by atoms with Crippen molar-refractivity contribution in [1.82, 2.24) is 8.75 Å². The Labute approximate surface area is 92.5 Å². The van der Waals surface area contributed by atoms with Gasteiger partial charge in [-0.2, -0.15) is 8.75 Å². The lowest BCUT2D eigenvalue weighted by molar-refractivity contribution is 0.0692. The van der Waals surface area contributed by atoms with Crippen molar-refractivity contribution in [2.24, 2.45) is 0 Å². The SMILES string of the molecule is O=C(O)c1nsnc1-c1ccc(F)cc1F. The smallest absolute Gasteiger partial charge is 0.357 e. The third-order valence-electron chi connectivity index (χ3n) is 1.88. The Hall–Kier alpha value is -1.89. The Morgan fingerprint density at radius 3 is 2.69 bits per heavy atom. The number of halogens is 2. The number of benzene rings is 1. The molecule has 0 fully saturated rings. The van der Waals surface area contributed by atoms with E-state index in [4.69, 9.17) is 5.11 Å². The number of rotatable bonds is 2. The molecule has 0 spiro atoms. The molecule has 2 rings (SSSR count). The van der Waals surface area contributed by atoms with E-state index in [2.05, 4.69) is 8.75 Å². The summed E-state index contributed by atoms with van der Waals surface area (Å²) in [6, 6.07) is 2.83. The van der Waals surface area contributed by atoms with Crippen molar-refractivity contribution in [1.29, 1.82) is 0 Å². The molecule has 0 unspecified atom stereocenters. The number of aromatic carboxylic acids is 1. The van der Waals surface area contributed by atoms with Crippen LogP contribution in [-0.4, -0.2) is 19.8 Å². The number of aromatic nitrogens is 2. The fraction of sp³-hybridized carbons (Fsp3) is 0. The van der Waals surface area contributed by atoms with E-state index in [0.717, 1.165) is 12.1 Å². The molecule has 1 N–H and O–H groups in total. The highest BCUT2D eigenvalue weighted by molar-refractivity contribution is 6.99. The van der Waals surface area contributed by atoms with Crippen LogP contribution in [0.3, 0.4) is 0 Å². The first-order valence-corrected chi connectivity index (χ1v) is 4.84. The van der Waals surface area contributed by atoms with Crippen LogP contribution in [-0.2, 0) is 0 Å². The summed E-state index contributed by atoms with van der Waals surface area (Å²) in [6.07, 6.45) is 0. The first-order valence-electron chi connectivity index (χ1n) is 4.11. The van der Waals surface area contributed by atoms with Crippen LogP contribution in [0.5, 0.6) is 0 Å². The van der Waals surface area contributed by atoms with Crippen LogP contribution in [0, 0.1) is 11.6 Å². The van der Waals surface area contributed by atoms with E-state index in [0.29, 0.717) is 17.8 Å². The molecular weight excluding hydrogens is 238 g/mol. The van der Waals surface area contributed by atoms with Gasteiger partial charge in [0.05, 0.1) is 11.7 Å². The molecule has 0 aliphatic carbocycles. The molecule has 0 saturated carbocycles. The second-order valence-electron chi connectivity index (χ2n) is 2.89. The van der Waals surface area contributed by atoms with Gasteiger partial charge in [0.2, 0.25) is 0 Å². The molecule has 16 heavy (non-hydrogen) atoms. The zero-order valence-corrected chi connectivity index (χ0v) is 8.46. The largest absolute Gasteiger partial charge is 0.476 e. The predicted molar refractivity (Wildman–Crippen MR) is 52.2 cm³/mol. The van der Waals surface area contributed by atoms with E-state index in [9.17, 15) is 13.6 Å². The minimum Gasteiger partial charge on any atom is -0.476 e. The number of carboxylic acids is 1. The quantitative estimate of drug-likeness (QED) is 0.876. The third-order valence-corrected chi connectivity index (χ3v) is 2.41. The second kappa shape index (κ2) is 3.93. The molecule has 1 heterocycles. The number of hydrogen-bond acceptors (Lipinski definition) is 4. The van der Waals surface area contributed by atoms with Gasteiger partial charge in [-0.1, -0.05) is 0 Å². The number of carboxylic acid groups (broad SMARTS) is 1. The summed E-state index contributed by atoms with van der Waals surface area (Å²) in [5.41, 5.74) is -0.502. The van der Waals surface area contributed by atoms with Gasteiger partial charge >= 0.3 is 5.97 Å². The van der Waals surface area contributed by atoms with Crippen molar-refractivity contribution in [3.05, 3.63) is 35.5 Å². The maximum Gasteiger partial charge on any atom is 0.357 e. The summed E-state index contributed by atoms with van der Waals surface area (Å²) in [6.45, 7) is 0. The number of carbonyl (C=O) groups is 1. The average molecular weight is 242 g/mol. The molecule has 2 aromatic rings. The molecule has 1 aromatic carbocycles. The summed E-state index contributed by atoms with van der Waals surface area (Å²) >= 11 is 0.661. The second-order valence-corrected chi connectivity index (χ2v) is 3.42. The Morgan fingerprint density at radius 1 is 1.31 bits per heavy atom. The Bertz CT molecular complexity index is 556. The zero-order valence-electron chi connectivity index (χ0n) is 7.65. The molecule has 7 heteroatoms. The van der Waals surface area contributed by atoms with Crippen molar-refractivity contribution in [2.75, 3.05) is 0 Å². The molecule has 4 nitrogen and oxygen atoms in total. The van der Waals surface area contributed by atoms with Gasteiger partial charge in [0.1, 0.15) is 17.3 Å². The van der Waals surface area contributed by atoms with E-state index in [1.807, 2.05) is 0 Å². The molecule has 0 atom stereocenters. The summed E-state index contributed by atoms with van der Waals surface area (Å²) < 4.78 is 33.2. The monoisotopic (exact) mass is 242 g/mol. The van der Waals surface area contributed by atoms with Crippen molar-refractivity contribution in [2.45, 2.75) is 0 Å². The standard InChI is InChI=1S/C9H4F2N2O2S/c10-4-1-2-5(6(11)3-4)7-8(9(14)15)13-16-12-7/h1-3H,(H,14,15). The molecule has 0 saturated heterocycles. The van der Waals surface area contributed by atoms with E-state index < -0.39 is 17.6 Å². The first-order chi connectivity index (χ1) is 7.59. The molecule has 1 aromatic heterocycles. The predicted octanol–water partition coefficient (Wildman–Crippen LogP) is 2.18. The summed E-state index contributed by atoms with van der Waals surface area (Å²) in [5.74, 6) is -2.90. The molecule has 0 amide bonds. The Kier molecular flexibility index (Phi) is 2.61.